The highest BCUT2D eigenvalue weighted by Crippen LogP contribution is 2.53. The van der Waals surface area contributed by atoms with Gasteiger partial charge in [-0.25, -0.2) is 8.78 Å². The average Bonchev–Trinajstić information content (AvgIpc) is 4.11. The van der Waals surface area contributed by atoms with Crippen molar-refractivity contribution in [3.63, 3.8) is 0 Å². The van der Waals surface area contributed by atoms with Crippen molar-refractivity contribution < 1.29 is 28.0 Å². The van der Waals surface area contributed by atoms with E-state index in [-0.39, 0.29) is 95.2 Å². The number of para-hydroxylation sites is 2. The summed E-state index contributed by atoms with van der Waals surface area (Å²) in [4.78, 5) is 58.4. The highest BCUT2D eigenvalue weighted by Gasteiger charge is 2.50. The Bertz CT molecular complexity index is 2760. The molecule has 380 valence electrons. The van der Waals surface area contributed by atoms with Crippen LogP contribution in [-0.2, 0) is 9.59 Å². The van der Waals surface area contributed by atoms with E-state index in [9.17, 15) is 28.0 Å². The van der Waals surface area contributed by atoms with Gasteiger partial charge in [-0.3, -0.25) is 19.2 Å². The van der Waals surface area contributed by atoms with Crippen molar-refractivity contribution in [3.8, 4) is 0 Å². The molecule has 10 atom stereocenters. The molecule has 0 bridgehead atoms. The summed E-state index contributed by atoms with van der Waals surface area (Å²) in [6, 6.07) is 47.8. The summed E-state index contributed by atoms with van der Waals surface area (Å²) in [5, 5.41) is 13.7. The van der Waals surface area contributed by atoms with Crippen LogP contribution in [0.2, 0.25) is 0 Å². The third-order valence-corrected chi connectivity index (χ3v) is 16.8. The molecule has 4 N–H and O–H groups in total. The maximum Gasteiger partial charge on any atom is 0.251 e. The smallest absolute Gasteiger partial charge is 0.251 e. The number of carbonyl (C=O) groups excluding carboxylic acids is 4. The number of carbonyl (C=O) groups is 4. The first-order valence-electron chi connectivity index (χ1n) is 26.7. The lowest BCUT2D eigenvalue weighted by molar-refractivity contribution is -0.139. The zero-order valence-electron chi connectivity index (χ0n) is 41.6. The summed E-state index contributed by atoms with van der Waals surface area (Å²) in [6.45, 7) is 1.36. The number of fused-ring (bicyclic) bond motifs is 6. The number of likely N-dealkylation sites (tertiary alicyclic amines) is 2. The van der Waals surface area contributed by atoms with Gasteiger partial charge in [0, 0.05) is 59.5 Å². The summed E-state index contributed by atoms with van der Waals surface area (Å²) in [5.74, 6) is -0.545. The van der Waals surface area contributed by atoms with Crippen molar-refractivity contribution in [1.82, 2.24) is 20.4 Å². The molecule has 0 unspecified atom stereocenters. The number of nitrogens with one attached hydrogen (secondary N) is 4. The van der Waals surface area contributed by atoms with E-state index in [4.69, 9.17) is 0 Å². The first-order valence-corrected chi connectivity index (χ1v) is 26.7. The number of rotatable bonds is 8. The molecule has 12 rings (SSSR count). The summed E-state index contributed by atoms with van der Waals surface area (Å²) in [7, 11) is 0. The molecule has 6 aliphatic rings. The second kappa shape index (κ2) is 21.6. The second-order valence-corrected chi connectivity index (χ2v) is 21.1. The van der Waals surface area contributed by atoms with Crippen LogP contribution in [-0.4, -0.2) is 58.6 Å². The fraction of sp³-hybridized carbons (Fsp3) is 0.355. The minimum Gasteiger partial charge on any atom is -0.378 e. The van der Waals surface area contributed by atoms with E-state index in [1.54, 1.807) is 0 Å². The first-order chi connectivity index (χ1) is 36.2. The molecular formula is C62H64F2N6O4. The number of halogens is 2. The van der Waals surface area contributed by atoms with E-state index in [0.29, 0.717) is 24.2 Å². The molecule has 2 aliphatic carbocycles. The second-order valence-electron chi connectivity index (χ2n) is 21.1. The molecule has 0 spiro atoms. The number of hydrogen-bond acceptors (Lipinski definition) is 6. The van der Waals surface area contributed by atoms with Crippen molar-refractivity contribution in [1.29, 1.82) is 0 Å². The lowest BCUT2D eigenvalue weighted by Gasteiger charge is -2.42. The van der Waals surface area contributed by atoms with E-state index < -0.39 is 0 Å². The Balaban J connectivity index is 0.000000159. The van der Waals surface area contributed by atoms with Crippen LogP contribution in [0.3, 0.4) is 0 Å². The molecule has 12 heteroatoms. The van der Waals surface area contributed by atoms with Gasteiger partial charge >= 0.3 is 0 Å². The van der Waals surface area contributed by atoms with Crippen molar-refractivity contribution in [2.45, 2.75) is 100 Å². The monoisotopic (exact) mass is 994 g/mol. The van der Waals surface area contributed by atoms with Crippen LogP contribution in [0.15, 0.2) is 158 Å². The Morgan fingerprint density at radius 3 is 1.20 bits per heavy atom. The Hall–Kier alpha value is -7.34. The molecule has 4 aliphatic heterocycles. The Morgan fingerprint density at radius 2 is 0.797 bits per heavy atom. The predicted molar refractivity (Wildman–Crippen MR) is 283 cm³/mol. The van der Waals surface area contributed by atoms with Gasteiger partial charge in [0.25, 0.3) is 11.8 Å². The van der Waals surface area contributed by atoms with Gasteiger partial charge < -0.3 is 31.1 Å². The zero-order chi connectivity index (χ0) is 50.7. The highest BCUT2D eigenvalue weighted by atomic mass is 19.1. The standard InChI is InChI=1S/2C31H32FN3O2/c2*32-22-16-14-20(15-17-22)28-25-18-19-35(29(25)23-10-4-6-12-26(23)33-28)31(37)24-11-5-7-13-27(24)34-30(36)21-8-2-1-3-9-21/h2*1-4,6,8-10,12,14-17,24-25,27-29,33H,5,7,11,13,18-19H2,(H,34,36)/t24-,25+,27+,28-,29-;24-,25-,27+,28+,29+/m00/s1. The first kappa shape index (κ1) is 48.9. The summed E-state index contributed by atoms with van der Waals surface area (Å²) in [5.41, 5.74) is 7.63. The fourth-order valence-electron chi connectivity index (χ4n) is 13.3. The lowest BCUT2D eigenvalue weighted by atomic mass is 9.79. The number of benzene rings is 6. The van der Waals surface area contributed by atoms with Gasteiger partial charge in [-0.1, -0.05) is 123 Å². The quantitative estimate of drug-likeness (QED) is 0.120. The van der Waals surface area contributed by atoms with Crippen molar-refractivity contribution in [2.75, 3.05) is 23.7 Å². The average molecular weight is 995 g/mol. The normalized spacial score (nSPS) is 26.5. The Kier molecular flexibility index (Phi) is 14.3. The minimum atomic E-state index is -0.249. The summed E-state index contributed by atoms with van der Waals surface area (Å²) in [6.07, 6.45) is 8.94. The number of anilines is 2. The van der Waals surface area contributed by atoms with Crippen LogP contribution in [0.25, 0.3) is 0 Å². The minimum absolute atomic E-state index is 0.00163. The largest absolute Gasteiger partial charge is 0.378 e. The maximum atomic E-state index is 14.2. The molecule has 10 nitrogen and oxygen atoms in total. The number of amides is 4. The van der Waals surface area contributed by atoms with Crippen LogP contribution in [0.4, 0.5) is 20.2 Å². The van der Waals surface area contributed by atoms with Crippen LogP contribution in [0.1, 0.15) is 131 Å². The molecule has 6 aromatic carbocycles. The lowest BCUT2D eigenvalue weighted by Crippen LogP contribution is -2.50. The van der Waals surface area contributed by atoms with Crippen LogP contribution in [0.5, 0.6) is 0 Å². The van der Waals surface area contributed by atoms with E-state index in [1.807, 2.05) is 109 Å². The summed E-state index contributed by atoms with van der Waals surface area (Å²) < 4.78 is 27.3. The van der Waals surface area contributed by atoms with Gasteiger partial charge in [0.2, 0.25) is 11.8 Å². The molecule has 4 heterocycles. The van der Waals surface area contributed by atoms with E-state index in [0.717, 1.165) is 97.8 Å². The molecule has 74 heavy (non-hydrogen) atoms. The topological polar surface area (TPSA) is 123 Å². The predicted octanol–water partition coefficient (Wildman–Crippen LogP) is 11.7. The molecule has 2 saturated heterocycles. The number of nitrogens with zero attached hydrogens (tertiary/aromatic N) is 2. The Labute approximate surface area is 432 Å². The van der Waals surface area contributed by atoms with Crippen LogP contribution in [0, 0.1) is 35.3 Å². The van der Waals surface area contributed by atoms with E-state index >= 15 is 0 Å². The maximum absolute atomic E-state index is 14.2. The van der Waals surface area contributed by atoms with Crippen molar-refractivity contribution >= 4 is 35.0 Å². The fourth-order valence-corrected chi connectivity index (χ4v) is 13.3. The van der Waals surface area contributed by atoms with Crippen molar-refractivity contribution in [2.24, 2.45) is 23.7 Å². The van der Waals surface area contributed by atoms with E-state index in [1.165, 1.54) is 24.3 Å². The van der Waals surface area contributed by atoms with Crippen LogP contribution >= 0.6 is 0 Å². The molecule has 4 amide bonds. The zero-order valence-corrected chi connectivity index (χ0v) is 41.6. The van der Waals surface area contributed by atoms with Gasteiger partial charge in [-0.2, -0.15) is 0 Å². The SMILES string of the molecule is O=C(N[C@@H]1CCCC[C@@H]1C(=O)N1CC[C@@H]2[C@H](c3ccc(F)cc3)Nc3ccccc3[C@@H]21)c1ccccc1.O=C(N[C@@H]1CCCC[C@@H]1C(=O)N1CC[C@H]2[C@@H](c3ccc(F)cc3)Nc3ccccc3[C@H]21)c1ccccc1. The van der Waals surface area contributed by atoms with Gasteiger partial charge in [-0.05, 0) is 121 Å². The van der Waals surface area contributed by atoms with E-state index in [2.05, 4.69) is 55.3 Å². The molecular weight excluding hydrogens is 931 g/mol. The van der Waals surface area contributed by atoms with Crippen LogP contribution < -0.4 is 21.3 Å². The number of hydrogen-bond donors (Lipinski definition) is 4. The molecule has 4 fully saturated rings. The third-order valence-electron chi connectivity index (χ3n) is 16.8. The highest BCUT2D eigenvalue weighted by molar-refractivity contribution is 5.95. The molecule has 0 aromatic heterocycles. The summed E-state index contributed by atoms with van der Waals surface area (Å²) >= 11 is 0. The van der Waals surface area contributed by atoms with Crippen molar-refractivity contribution in [3.05, 3.63) is 203 Å². The molecule has 6 aromatic rings. The Morgan fingerprint density at radius 1 is 0.432 bits per heavy atom. The molecule has 2 saturated carbocycles. The van der Waals surface area contributed by atoms with Gasteiger partial charge in [0.05, 0.1) is 36.0 Å². The van der Waals surface area contributed by atoms with Gasteiger partial charge in [-0.15, -0.1) is 0 Å². The van der Waals surface area contributed by atoms with Gasteiger partial charge in [0.15, 0.2) is 0 Å². The third kappa shape index (κ3) is 9.90. The van der Waals surface area contributed by atoms with Gasteiger partial charge in [0.1, 0.15) is 11.6 Å². The molecule has 0 radical (unpaired) electrons.